The number of hydrogen-bond donors (Lipinski definition) is 0. The molecule has 1 heterocycles. The van der Waals surface area contributed by atoms with Crippen LogP contribution in [0, 0.1) is 0 Å². The van der Waals surface area contributed by atoms with Crippen molar-refractivity contribution in [1.82, 2.24) is 10.1 Å². The third kappa shape index (κ3) is 6.64. The van der Waals surface area contributed by atoms with Gasteiger partial charge in [0, 0.05) is 13.1 Å². The molecule has 190 valence electrons. The quantitative estimate of drug-likeness (QED) is 0.267. The molecule has 2 unspecified atom stereocenters. The van der Waals surface area contributed by atoms with Crippen molar-refractivity contribution in [3.05, 3.63) is 47.1 Å². The first-order chi connectivity index (χ1) is 15.7. The fourth-order valence-electron chi connectivity index (χ4n) is 3.73. The molecule has 1 saturated carbocycles. The Morgan fingerprint density at radius 1 is 1.24 bits per heavy atom. The molecular formula is C22H30F3N2O5PS. The summed E-state index contributed by atoms with van der Waals surface area (Å²) in [5.41, 5.74) is -1.41. The van der Waals surface area contributed by atoms with Crippen LogP contribution in [0.25, 0.3) is 0 Å². The summed E-state index contributed by atoms with van der Waals surface area (Å²) in [4.78, 5) is 17.3. The van der Waals surface area contributed by atoms with E-state index in [0.29, 0.717) is 5.82 Å². The molecule has 1 aliphatic rings. The van der Waals surface area contributed by atoms with Crippen LogP contribution in [0.15, 0.2) is 28.8 Å². The highest BCUT2D eigenvalue weighted by Crippen LogP contribution is 2.57. The van der Waals surface area contributed by atoms with E-state index >= 15 is 0 Å². The van der Waals surface area contributed by atoms with Crippen molar-refractivity contribution < 1.29 is 34.8 Å². The summed E-state index contributed by atoms with van der Waals surface area (Å²) in [6.07, 6.45) is 1.33. The van der Waals surface area contributed by atoms with Gasteiger partial charge in [-0.1, -0.05) is 29.4 Å². The van der Waals surface area contributed by atoms with Crippen LogP contribution in [-0.2, 0) is 36.2 Å². The number of nitrogens with zero attached hydrogens (tertiary/aromatic N) is 2. The summed E-state index contributed by atoms with van der Waals surface area (Å²) in [5.74, 6) is -1.07. The molecule has 1 fully saturated rings. The maximum Gasteiger partial charge on any atom is 0.319 e. The molecule has 0 amide bonds. The Hall–Kier alpha value is -1.84. The average molecular weight is 523 g/mol. The van der Waals surface area contributed by atoms with Crippen LogP contribution in [-0.4, -0.2) is 40.6 Å². The van der Waals surface area contributed by atoms with Crippen LogP contribution in [0.4, 0.5) is 11.7 Å². The minimum Gasteiger partial charge on any atom is -0.459 e. The second-order valence-electron chi connectivity index (χ2n) is 9.52. The number of carbonyl (C=O) groups is 1. The lowest BCUT2D eigenvalue weighted by Crippen LogP contribution is -2.33. The summed E-state index contributed by atoms with van der Waals surface area (Å²) in [6, 6.07) is 6.29. The van der Waals surface area contributed by atoms with Crippen molar-refractivity contribution in [2.24, 2.45) is 0 Å². The summed E-state index contributed by atoms with van der Waals surface area (Å²) >= 11 is -5.12. The molecule has 12 heteroatoms. The van der Waals surface area contributed by atoms with Crippen LogP contribution in [0.5, 0.6) is 0 Å². The number of hydrogen-bond acceptors (Lipinski definition) is 7. The van der Waals surface area contributed by atoms with Crippen molar-refractivity contribution in [2.75, 3.05) is 13.3 Å². The lowest BCUT2D eigenvalue weighted by molar-refractivity contribution is -0.154. The van der Waals surface area contributed by atoms with Gasteiger partial charge in [0.2, 0.25) is 24.4 Å². The topological polar surface area (TPSA) is 91.5 Å². The standard InChI is InChI=1S/C22H30F3N2O5PS/c1-6-30-33(5,29)17(19(28)31-21(2,3)4)13-18-26-20(27-32-18)22(11-12-22)16-9-7-15(8-10-16)14-34(23,24)25/h7-10,17H,6,11-14H2,1-5H3. The Morgan fingerprint density at radius 3 is 2.35 bits per heavy atom. The Bertz CT molecular complexity index is 1060. The van der Waals surface area contributed by atoms with E-state index in [2.05, 4.69) is 10.1 Å². The maximum absolute atomic E-state index is 13.1. The lowest BCUT2D eigenvalue weighted by atomic mass is 9.94. The van der Waals surface area contributed by atoms with Crippen molar-refractivity contribution >= 4 is 24.5 Å². The number of aromatic nitrogens is 2. The normalized spacial score (nSPS) is 18.7. The van der Waals surface area contributed by atoms with Gasteiger partial charge in [0.15, 0.2) is 5.82 Å². The highest BCUT2D eigenvalue weighted by molar-refractivity contribution is 8.20. The van der Waals surface area contributed by atoms with Gasteiger partial charge in [0.05, 0.1) is 17.8 Å². The molecule has 0 bridgehead atoms. The zero-order chi connectivity index (χ0) is 25.4. The van der Waals surface area contributed by atoms with E-state index in [4.69, 9.17) is 13.8 Å². The first-order valence-electron chi connectivity index (χ1n) is 10.9. The van der Waals surface area contributed by atoms with Crippen LogP contribution < -0.4 is 0 Å². The predicted octanol–water partition coefficient (Wildman–Crippen LogP) is 6.30. The van der Waals surface area contributed by atoms with Crippen molar-refractivity contribution in [3.8, 4) is 0 Å². The van der Waals surface area contributed by atoms with Gasteiger partial charge >= 0.3 is 5.97 Å². The van der Waals surface area contributed by atoms with Gasteiger partial charge in [0.1, 0.15) is 11.3 Å². The van der Waals surface area contributed by atoms with Crippen molar-refractivity contribution in [1.29, 1.82) is 0 Å². The Balaban J connectivity index is 1.81. The number of halogens is 3. The lowest BCUT2D eigenvalue weighted by Gasteiger charge is -2.26. The van der Waals surface area contributed by atoms with Gasteiger partial charge in [-0.25, -0.2) is 0 Å². The fraction of sp³-hybridized carbons (Fsp3) is 0.591. The summed E-state index contributed by atoms with van der Waals surface area (Å²) in [5, 5.41) is 4.08. The molecule has 0 N–H and O–H groups in total. The van der Waals surface area contributed by atoms with E-state index in [1.807, 2.05) is 0 Å². The molecule has 2 aromatic rings. The van der Waals surface area contributed by atoms with Crippen LogP contribution in [0.1, 0.15) is 63.4 Å². The van der Waals surface area contributed by atoms with Gasteiger partial charge in [0.25, 0.3) is 0 Å². The molecule has 3 rings (SSSR count). The Kier molecular flexibility index (Phi) is 7.60. The monoisotopic (exact) mass is 522 g/mol. The van der Waals surface area contributed by atoms with Crippen LogP contribution in [0.2, 0.25) is 0 Å². The van der Waals surface area contributed by atoms with E-state index in [1.54, 1.807) is 39.8 Å². The second kappa shape index (κ2) is 9.66. The van der Waals surface area contributed by atoms with Crippen LogP contribution >= 0.6 is 18.6 Å². The summed E-state index contributed by atoms with van der Waals surface area (Å²) < 4.78 is 67.5. The van der Waals surface area contributed by atoms with E-state index in [-0.39, 0.29) is 24.5 Å². The summed E-state index contributed by atoms with van der Waals surface area (Å²) in [6.45, 7) is 8.38. The molecule has 0 radical (unpaired) electrons. The van der Waals surface area contributed by atoms with Crippen LogP contribution in [0.3, 0.4) is 0 Å². The number of esters is 1. The van der Waals surface area contributed by atoms with Crippen molar-refractivity contribution in [3.63, 3.8) is 0 Å². The minimum absolute atomic E-state index is 0.112. The molecule has 0 spiro atoms. The molecular weight excluding hydrogens is 492 g/mol. The minimum atomic E-state index is -5.12. The smallest absolute Gasteiger partial charge is 0.319 e. The molecule has 34 heavy (non-hydrogen) atoms. The maximum atomic E-state index is 13.1. The van der Waals surface area contributed by atoms with E-state index in [0.717, 1.165) is 18.4 Å². The molecule has 1 aromatic heterocycles. The van der Waals surface area contributed by atoms with Crippen molar-refractivity contribution in [2.45, 2.75) is 69.4 Å². The first kappa shape index (κ1) is 26.8. The van der Waals surface area contributed by atoms with E-state index < -0.39 is 47.0 Å². The molecule has 2 atom stereocenters. The largest absolute Gasteiger partial charge is 0.459 e. The van der Waals surface area contributed by atoms with E-state index in [9.17, 15) is 21.0 Å². The average Bonchev–Trinajstić information content (AvgIpc) is 3.35. The first-order valence-corrected chi connectivity index (χ1v) is 14.6. The van der Waals surface area contributed by atoms with Gasteiger partial charge in [-0.05, 0) is 51.7 Å². The second-order valence-corrected chi connectivity index (χ2v) is 13.5. The predicted molar refractivity (Wildman–Crippen MR) is 124 cm³/mol. The fourth-order valence-corrected chi connectivity index (χ4v) is 5.92. The number of carbonyl (C=O) groups excluding carboxylic acids is 1. The molecule has 1 aliphatic carbocycles. The number of benzene rings is 1. The third-order valence-corrected chi connectivity index (χ3v) is 8.44. The number of ether oxygens (including phenoxy) is 1. The highest BCUT2D eigenvalue weighted by Gasteiger charge is 2.50. The molecule has 1 aromatic carbocycles. The zero-order valence-electron chi connectivity index (χ0n) is 19.8. The zero-order valence-corrected chi connectivity index (χ0v) is 21.6. The molecule has 0 saturated heterocycles. The van der Waals surface area contributed by atoms with E-state index in [1.165, 1.54) is 18.8 Å². The third-order valence-electron chi connectivity index (χ3n) is 5.48. The van der Waals surface area contributed by atoms with Gasteiger partial charge < -0.3 is 13.8 Å². The molecule has 7 nitrogen and oxygen atoms in total. The highest BCUT2D eigenvalue weighted by atomic mass is 32.3. The Labute approximate surface area is 199 Å². The Morgan fingerprint density at radius 2 is 1.85 bits per heavy atom. The van der Waals surface area contributed by atoms with Gasteiger partial charge in [-0.2, -0.15) is 4.98 Å². The summed E-state index contributed by atoms with van der Waals surface area (Å²) in [7, 11) is -3.40. The molecule has 0 aliphatic heterocycles. The number of rotatable bonds is 10. The van der Waals surface area contributed by atoms with Gasteiger partial charge in [-0.3, -0.25) is 9.36 Å². The van der Waals surface area contributed by atoms with Gasteiger partial charge in [-0.15, -0.1) is 11.7 Å². The SMILES string of the molecule is CCOP(C)(=O)C(Cc1nc(C2(c3ccc(CS(F)(F)F)cc3)CC2)no1)C(=O)OC(C)(C)C.